The Bertz CT molecular complexity index is 695. The second-order valence-electron chi connectivity index (χ2n) is 4.71. The summed E-state index contributed by atoms with van der Waals surface area (Å²) in [5.74, 6) is -0.221. The third-order valence-electron chi connectivity index (χ3n) is 3.14. The minimum atomic E-state index is -0.345. The SMILES string of the molecule is Cc1c(OCC(=O)Nc2ccccc2)c(=O)ccn1CCO. The van der Waals surface area contributed by atoms with E-state index < -0.39 is 0 Å². The van der Waals surface area contributed by atoms with E-state index in [1.807, 2.05) is 18.2 Å². The van der Waals surface area contributed by atoms with E-state index in [-0.39, 0.29) is 30.3 Å². The molecule has 0 aliphatic heterocycles. The average molecular weight is 302 g/mol. The van der Waals surface area contributed by atoms with Gasteiger partial charge in [-0.3, -0.25) is 9.59 Å². The highest BCUT2D eigenvalue weighted by Crippen LogP contribution is 2.12. The molecule has 0 atom stereocenters. The van der Waals surface area contributed by atoms with Crippen LogP contribution in [-0.2, 0) is 11.3 Å². The summed E-state index contributed by atoms with van der Waals surface area (Å²) in [5.41, 5.74) is 0.951. The molecule has 6 nitrogen and oxygen atoms in total. The van der Waals surface area contributed by atoms with E-state index in [0.29, 0.717) is 17.9 Å². The molecule has 0 aliphatic rings. The van der Waals surface area contributed by atoms with E-state index in [1.54, 1.807) is 29.8 Å². The minimum absolute atomic E-state index is 0.0440. The summed E-state index contributed by atoms with van der Waals surface area (Å²) in [6.07, 6.45) is 1.59. The summed E-state index contributed by atoms with van der Waals surface area (Å²) in [6.45, 7) is 1.77. The van der Waals surface area contributed by atoms with Crippen LogP contribution >= 0.6 is 0 Å². The van der Waals surface area contributed by atoms with Crippen molar-refractivity contribution in [2.75, 3.05) is 18.5 Å². The van der Waals surface area contributed by atoms with Crippen molar-refractivity contribution in [3.05, 3.63) is 58.5 Å². The number of para-hydroxylation sites is 1. The maximum Gasteiger partial charge on any atom is 0.262 e. The van der Waals surface area contributed by atoms with Crippen LogP contribution < -0.4 is 15.5 Å². The molecule has 0 unspecified atom stereocenters. The van der Waals surface area contributed by atoms with Gasteiger partial charge in [0, 0.05) is 24.5 Å². The van der Waals surface area contributed by atoms with Crippen molar-refractivity contribution in [3.63, 3.8) is 0 Å². The molecule has 0 saturated heterocycles. The van der Waals surface area contributed by atoms with Crippen LogP contribution in [0.2, 0.25) is 0 Å². The van der Waals surface area contributed by atoms with Gasteiger partial charge in [-0.1, -0.05) is 18.2 Å². The fourth-order valence-electron chi connectivity index (χ4n) is 2.04. The molecule has 1 heterocycles. The molecular formula is C16H18N2O4. The average Bonchev–Trinajstić information content (AvgIpc) is 2.51. The molecule has 6 heteroatoms. The Balaban J connectivity index is 2.03. The first-order chi connectivity index (χ1) is 10.6. The molecule has 116 valence electrons. The van der Waals surface area contributed by atoms with Gasteiger partial charge in [0.2, 0.25) is 5.43 Å². The lowest BCUT2D eigenvalue weighted by molar-refractivity contribution is -0.118. The molecule has 0 radical (unpaired) electrons. The molecule has 0 saturated carbocycles. The number of rotatable bonds is 6. The molecular weight excluding hydrogens is 284 g/mol. The molecule has 0 bridgehead atoms. The molecule has 2 aromatic rings. The molecule has 0 aliphatic carbocycles. The highest BCUT2D eigenvalue weighted by Gasteiger charge is 2.11. The standard InChI is InChI=1S/C16H18N2O4/c1-12-16(14(20)7-8-18(12)9-10-19)22-11-15(21)17-13-5-3-2-4-6-13/h2-8,19H,9-11H2,1H3,(H,17,21). The first kappa shape index (κ1) is 15.8. The molecule has 1 aromatic carbocycles. The van der Waals surface area contributed by atoms with Gasteiger partial charge in [-0.25, -0.2) is 0 Å². The van der Waals surface area contributed by atoms with Gasteiger partial charge in [-0.05, 0) is 19.1 Å². The lowest BCUT2D eigenvalue weighted by atomic mass is 10.3. The summed E-state index contributed by atoms with van der Waals surface area (Å²) in [7, 11) is 0. The number of nitrogens with zero attached hydrogens (tertiary/aromatic N) is 1. The fraction of sp³-hybridized carbons (Fsp3) is 0.250. The Hall–Kier alpha value is -2.60. The van der Waals surface area contributed by atoms with Crippen LogP contribution in [0, 0.1) is 6.92 Å². The predicted molar refractivity (Wildman–Crippen MR) is 83.1 cm³/mol. The van der Waals surface area contributed by atoms with Crippen LogP contribution in [0.15, 0.2) is 47.4 Å². The summed E-state index contributed by atoms with van der Waals surface area (Å²) >= 11 is 0. The number of ether oxygens (including phenoxy) is 1. The number of carbonyl (C=O) groups excluding carboxylic acids is 1. The molecule has 0 spiro atoms. The van der Waals surface area contributed by atoms with Gasteiger partial charge < -0.3 is 19.7 Å². The molecule has 1 amide bonds. The number of anilines is 1. The van der Waals surface area contributed by atoms with Crippen molar-refractivity contribution in [2.24, 2.45) is 0 Å². The third kappa shape index (κ3) is 3.95. The van der Waals surface area contributed by atoms with Gasteiger partial charge >= 0.3 is 0 Å². The maximum atomic E-state index is 11.8. The topological polar surface area (TPSA) is 80.6 Å². The lowest BCUT2D eigenvalue weighted by Gasteiger charge is -2.13. The van der Waals surface area contributed by atoms with E-state index in [0.717, 1.165) is 0 Å². The number of aromatic nitrogens is 1. The van der Waals surface area contributed by atoms with Gasteiger partial charge in [0.15, 0.2) is 12.4 Å². The normalized spacial score (nSPS) is 10.3. The third-order valence-corrected chi connectivity index (χ3v) is 3.14. The van der Waals surface area contributed by atoms with Crippen molar-refractivity contribution in [3.8, 4) is 5.75 Å². The largest absolute Gasteiger partial charge is 0.478 e. The van der Waals surface area contributed by atoms with Gasteiger partial charge in [0.25, 0.3) is 5.91 Å². The van der Waals surface area contributed by atoms with Crippen molar-refractivity contribution < 1.29 is 14.6 Å². The first-order valence-corrected chi connectivity index (χ1v) is 6.90. The molecule has 0 fully saturated rings. The van der Waals surface area contributed by atoms with E-state index in [2.05, 4.69) is 5.32 Å². The van der Waals surface area contributed by atoms with E-state index in [9.17, 15) is 9.59 Å². The number of amides is 1. The van der Waals surface area contributed by atoms with Crippen LogP contribution in [0.4, 0.5) is 5.69 Å². The van der Waals surface area contributed by atoms with Crippen molar-refractivity contribution >= 4 is 11.6 Å². The van der Waals surface area contributed by atoms with Crippen LogP contribution in [0.5, 0.6) is 5.75 Å². The lowest BCUT2D eigenvalue weighted by Crippen LogP contribution is -2.23. The van der Waals surface area contributed by atoms with Crippen molar-refractivity contribution in [1.29, 1.82) is 0 Å². The Kier molecular flexibility index (Phi) is 5.32. The van der Waals surface area contributed by atoms with Gasteiger partial charge in [0.1, 0.15) is 0 Å². The monoisotopic (exact) mass is 302 g/mol. The quantitative estimate of drug-likeness (QED) is 0.839. The summed E-state index contributed by atoms with van der Waals surface area (Å²) < 4.78 is 7.06. The Morgan fingerprint density at radius 1 is 1.27 bits per heavy atom. The molecule has 2 rings (SSSR count). The number of benzene rings is 1. The zero-order valence-electron chi connectivity index (χ0n) is 12.3. The number of carbonyl (C=O) groups is 1. The minimum Gasteiger partial charge on any atom is -0.478 e. The van der Waals surface area contributed by atoms with Gasteiger partial charge in [-0.15, -0.1) is 0 Å². The summed E-state index contributed by atoms with van der Waals surface area (Å²) in [4.78, 5) is 23.7. The summed E-state index contributed by atoms with van der Waals surface area (Å²) in [6, 6.07) is 10.4. The zero-order valence-corrected chi connectivity index (χ0v) is 12.3. The van der Waals surface area contributed by atoms with E-state index >= 15 is 0 Å². The molecule has 22 heavy (non-hydrogen) atoms. The number of hydrogen-bond acceptors (Lipinski definition) is 4. The Morgan fingerprint density at radius 3 is 2.68 bits per heavy atom. The van der Waals surface area contributed by atoms with Crippen LogP contribution in [0.3, 0.4) is 0 Å². The number of nitrogens with one attached hydrogen (secondary N) is 1. The predicted octanol–water partition coefficient (Wildman–Crippen LogP) is 1.17. The zero-order chi connectivity index (χ0) is 15.9. The Morgan fingerprint density at radius 2 is 2.00 bits per heavy atom. The number of aliphatic hydroxyl groups is 1. The van der Waals surface area contributed by atoms with Crippen LogP contribution in [0.1, 0.15) is 5.69 Å². The molecule has 2 N–H and O–H groups in total. The summed E-state index contributed by atoms with van der Waals surface area (Å²) in [5, 5.41) is 11.7. The van der Waals surface area contributed by atoms with Gasteiger partial charge in [-0.2, -0.15) is 0 Å². The second kappa shape index (κ2) is 7.42. The Labute approximate surface area is 128 Å². The number of pyridine rings is 1. The fourth-order valence-corrected chi connectivity index (χ4v) is 2.04. The van der Waals surface area contributed by atoms with E-state index in [4.69, 9.17) is 9.84 Å². The van der Waals surface area contributed by atoms with E-state index in [1.165, 1.54) is 6.07 Å². The smallest absolute Gasteiger partial charge is 0.262 e. The number of hydrogen-bond donors (Lipinski definition) is 2. The van der Waals surface area contributed by atoms with Gasteiger partial charge in [0.05, 0.1) is 12.3 Å². The second-order valence-corrected chi connectivity index (χ2v) is 4.71. The van der Waals surface area contributed by atoms with Crippen molar-refractivity contribution in [1.82, 2.24) is 4.57 Å². The number of aliphatic hydroxyl groups excluding tert-OH is 1. The molecule has 1 aromatic heterocycles. The van der Waals surface area contributed by atoms with Crippen LogP contribution in [0.25, 0.3) is 0 Å². The highest BCUT2D eigenvalue weighted by molar-refractivity contribution is 5.91. The highest BCUT2D eigenvalue weighted by atomic mass is 16.5. The first-order valence-electron chi connectivity index (χ1n) is 6.90. The maximum absolute atomic E-state index is 11.8. The van der Waals surface area contributed by atoms with Crippen LogP contribution in [-0.4, -0.2) is 28.8 Å². The van der Waals surface area contributed by atoms with Crippen molar-refractivity contribution in [2.45, 2.75) is 13.5 Å².